The Hall–Kier alpha value is -1.12. The molecule has 0 fully saturated rings. The highest BCUT2D eigenvalue weighted by atomic mass is 32.1. The molecule has 1 aromatic heterocycles. The van der Waals surface area contributed by atoms with E-state index in [1.165, 1.54) is 16.7 Å². The number of rotatable bonds is 5. The molecule has 0 saturated carbocycles. The largest absolute Gasteiger partial charge is 0.311 e. The summed E-state index contributed by atoms with van der Waals surface area (Å²) in [7, 11) is 0. The van der Waals surface area contributed by atoms with Crippen LogP contribution in [0.2, 0.25) is 0 Å². The molecule has 0 aliphatic rings. The van der Waals surface area contributed by atoms with Crippen LogP contribution in [0.3, 0.4) is 0 Å². The normalized spacial score (nSPS) is 13.4. The van der Waals surface area contributed by atoms with Gasteiger partial charge >= 0.3 is 0 Å². The van der Waals surface area contributed by atoms with E-state index in [9.17, 15) is 0 Å². The Morgan fingerprint density at radius 2 is 1.80 bits per heavy atom. The van der Waals surface area contributed by atoms with Crippen molar-refractivity contribution >= 4 is 11.3 Å². The lowest BCUT2D eigenvalue weighted by molar-refractivity contribution is 0.405. The van der Waals surface area contributed by atoms with Crippen molar-refractivity contribution in [3.05, 3.63) is 57.8 Å². The molecule has 0 aliphatic heterocycles. The van der Waals surface area contributed by atoms with E-state index in [0.29, 0.717) is 5.92 Å². The molecule has 20 heavy (non-hydrogen) atoms. The maximum atomic E-state index is 3.65. The topological polar surface area (TPSA) is 12.0 Å². The van der Waals surface area contributed by atoms with Crippen molar-refractivity contribution in [1.82, 2.24) is 5.32 Å². The molecule has 2 rings (SSSR count). The Morgan fingerprint density at radius 3 is 2.35 bits per heavy atom. The van der Waals surface area contributed by atoms with Gasteiger partial charge < -0.3 is 5.32 Å². The van der Waals surface area contributed by atoms with Crippen molar-refractivity contribution < 1.29 is 0 Å². The van der Waals surface area contributed by atoms with Gasteiger partial charge in [0.1, 0.15) is 0 Å². The Labute approximate surface area is 127 Å². The molecular weight excluding hydrogens is 262 g/mol. The van der Waals surface area contributed by atoms with Crippen LogP contribution in [0.5, 0.6) is 0 Å². The summed E-state index contributed by atoms with van der Waals surface area (Å²) in [6.45, 7) is 9.84. The van der Waals surface area contributed by atoms with Gasteiger partial charge in [-0.1, -0.05) is 29.8 Å². The average molecular weight is 287 g/mol. The molecule has 0 amide bonds. The van der Waals surface area contributed by atoms with E-state index in [0.717, 1.165) is 13.0 Å². The number of hydrogen-bond donors (Lipinski definition) is 1. The third-order valence-corrected chi connectivity index (χ3v) is 4.22. The van der Waals surface area contributed by atoms with E-state index >= 15 is 0 Å². The zero-order chi connectivity index (χ0) is 14.6. The monoisotopic (exact) mass is 287 g/mol. The molecule has 2 heteroatoms. The van der Waals surface area contributed by atoms with E-state index in [1.807, 2.05) is 0 Å². The lowest BCUT2D eigenvalue weighted by Crippen LogP contribution is -2.39. The second-order valence-electron chi connectivity index (χ2n) is 6.57. The first-order valence-electron chi connectivity index (χ1n) is 7.27. The molecule has 0 spiro atoms. The van der Waals surface area contributed by atoms with Crippen molar-refractivity contribution in [3.8, 4) is 0 Å². The first-order valence-corrected chi connectivity index (χ1v) is 8.21. The standard InChI is InChI=1S/C18H25NS/c1-14-5-7-16(8-6-14)17(12-19-18(2,3)4)11-15-9-10-20-13-15/h5-10,13,17,19H,11-12H2,1-4H3. The minimum Gasteiger partial charge on any atom is -0.311 e. The molecule has 1 aromatic carbocycles. The van der Waals surface area contributed by atoms with Gasteiger partial charge in [0.15, 0.2) is 0 Å². The molecule has 0 radical (unpaired) electrons. The fourth-order valence-corrected chi connectivity index (χ4v) is 2.95. The molecule has 1 heterocycles. The van der Waals surface area contributed by atoms with Crippen molar-refractivity contribution in [2.75, 3.05) is 6.54 Å². The highest BCUT2D eigenvalue weighted by Crippen LogP contribution is 2.23. The first-order chi connectivity index (χ1) is 9.44. The number of hydrogen-bond acceptors (Lipinski definition) is 2. The van der Waals surface area contributed by atoms with E-state index in [1.54, 1.807) is 11.3 Å². The Kier molecular flexibility index (Phi) is 5.00. The van der Waals surface area contributed by atoms with Crippen LogP contribution in [0.1, 0.15) is 43.4 Å². The van der Waals surface area contributed by atoms with Gasteiger partial charge in [0.2, 0.25) is 0 Å². The fourth-order valence-electron chi connectivity index (χ4n) is 2.27. The Bertz CT molecular complexity index is 505. The third kappa shape index (κ3) is 4.77. The summed E-state index contributed by atoms with van der Waals surface area (Å²) in [4.78, 5) is 0. The smallest absolute Gasteiger partial charge is 0.00967 e. The molecule has 0 aliphatic carbocycles. The highest BCUT2D eigenvalue weighted by molar-refractivity contribution is 7.07. The van der Waals surface area contributed by atoms with Crippen LogP contribution in [0, 0.1) is 6.92 Å². The molecule has 108 valence electrons. The molecule has 2 aromatic rings. The van der Waals surface area contributed by atoms with Gasteiger partial charge in [-0.15, -0.1) is 0 Å². The first kappa shape index (κ1) is 15.3. The molecule has 1 unspecified atom stereocenters. The van der Waals surface area contributed by atoms with Crippen LogP contribution >= 0.6 is 11.3 Å². The second kappa shape index (κ2) is 6.55. The average Bonchev–Trinajstić information content (AvgIpc) is 2.87. The van der Waals surface area contributed by atoms with E-state index in [2.05, 4.69) is 74.1 Å². The Morgan fingerprint density at radius 1 is 1.10 bits per heavy atom. The van der Waals surface area contributed by atoms with E-state index < -0.39 is 0 Å². The van der Waals surface area contributed by atoms with Crippen LogP contribution in [0.4, 0.5) is 0 Å². The lowest BCUT2D eigenvalue weighted by atomic mass is 9.91. The van der Waals surface area contributed by atoms with Gasteiger partial charge in [-0.05, 0) is 62.1 Å². The maximum Gasteiger partial charge on any atom is 0.00967 e. The van der Waals surface area contributed by atoms with Crippen LogP contribution in [-0.4, -0.2) is 12.1 Å². The van der Waals surface area contributed by atoms with Crippen LogP contribution < -0.4 is 5.32 Å². The van der Waals surface area contributed by atoms with Crippen molar-refractivity contribution in [2.24, 2.45) is 0 Å². The van der Waals surface area contributed by atoms with Crippen LogP contribution in [0.25, 0.3) is 0 Å². The zero-order valence-electron chi connectivity index (χ0n) is 12.9. The van der Waals surface area contributed by atoms with Gasteiger partial charge in [0.05, 0.1) is 0 Å². The number of thiophene rings is 1. The van der Waals surface area contributed by atoms with Gasteiger partial charge in [-0.3, -0.25) is 0 Å². The second-order valence-corrected chi connectivity index (χ2v) is 7.35. The fraction of sp³-hybridized carbons (Fsp3) is 0.444. The molecule has 1 N–H and O–H groups in total. The maximum absolute atomic E-state index is 3.65. The summed E-state index contributed by atoms with van der Waals surface area (Å²) in [6, 6.07) is 11.2. The van der Waals surface area contributed by atoms with Crippen molar-refractivity contribution in [3.63, 3.8) is 0 Å². The summed E-state index contributed by atoms with van der Waals surface area (Å²) in [5.74, 6) is 0.532. The minimum absolute atomic E-state index is 0.164. The molecule has 1 atom stereocenters. The van der Waals surface area contributed by atoms with Crippen LogP contribution in [-0.2, 0) is 6.42 Å². The zero-order valence-corrected chi connectivity index (χ0v) is 13.8. The predicted molar refractivity (Wildman–Crippen MR) is 89.7 cm³/mol. The quantitative estimate of drug-likeness (QED) is 0.835. The molecule has 0 bridgehead atoms. The molecular formula is C18H25NS. The summed E-state index contributed by atoms with van der Waals surface area (Å²) >= 11 is 1.78. The number of benzene rings is 1. The molecule has 0 saturated heterocycles. The van der Waals surface area contributed by atoms with Gasteiger partial charge in [0, 0.05) is 18.0 Å². The van der Waals surface area contributed by atoms with Gasteiger partial charge in [0.25, 0.3) is 0 Å². The summed E-state index contributed by atoms with van der Waals surface area (Å²) in [5, 5.41) is 8.08. The SMILES string of the molecule is Cc1ccc(C(CNC(C)(C)C)Cc2ccsc2)cc1. The number of nitrogens with one attached hydrogen (secondary N) is 1. The van der Waals surface area contributed by atoms with E-state index in [-0.39, 0.29) is 5.54 Å². The summed E-state index contributed by atoms with van der Waals surface area (Å²) in [6.07, 6.45) is 1.11. The number of aryl methyl sites for hydroxylation is 1. The minimum atomic E-state index is 0.164. The summed E-state index contributed by atoms with van der Waals surface area (Å²) < 4.78 is 0. The van der Waals surface area contributed by atoms with Gasteiger partial charge in [-0.2, -0.15) is 11.3 Å². The lowest BCUT2D eigenvalue weighted by Gasteiger charge is -2.25. The Balaban J connectivity index is 2.12. The predicted octanol–water partition coefficient (Wildman–Crippen LogP) is 4.77. The van der Waals surface area contributed by atoms with Crippen molar-refractivity contribution in [1.29, 1.82) is 0 Å². The van der Waals surface area contributed by atoms with Crippen molar-refractivity contribution in [2.45, 2.75) is 45.6 Å². The highest BCUT2D eigenvalue weighted by Gasteiger charge is 2.16. The third-order valence-electron chi connectivity index (χ3n) is 3.49. The van der Waals surface area contributed by atoms with E-state index in [4.69, 9.17) is 0 Å². The van der Waals surface area contributed by atoms with Crippen LogP contribution in [0.15, 0.2) is 41.1 Å². The summed E-state index contributed by atoms with van der Waals surface area (Å²) in [5.41, 5.74) is 4.36. The molecule has 1 nitrogen and oxygen atoms in total. The van der Waals surface area contributed by atoms with Gasteiger partial charge in [-0.25, -0.2) is 0 Å².